The van der Waals surface area contributed by atoms with Crippen molar-refractivity contribution >= 4 is 17.2 Å². The molecule has 3 nitrogen and oxygen atoms in total. The summed E-state index contributed by atoms with van der Waals surface area (Å²) >= 11 is 0. The number of anilines is 2. The van der Waals surface area contributed by atoms with E-state index in [-0.39, 0.29) is 0 Å². The van der Waals surface area contributed by atoms with E-state index in [2.05, 4.69) is 5.32 Å². The number of ketones is 1. The Balaban J connectivity index is 2.30. The molecule has 2 rings (SSSR count). The minimum atomic E-state index is -6.21. The molecule has 0 amide bonds. The summed E-state index contributed by atoms with van der Waals surface area (Å²) in [4.78, 5) is 11.7. The smallest absolute Gasteiger partial charge is 0.367 e. The molecule has 134 valence electrons. The summed E-state index contributed by atoms with van der Waals surface area (Å²) in [6.07, 6.45) is -12.4. The fraction of sp³-hybridized carbons (Fsp3) is 0.188. The fourth-order valence-electron chi connectivity index (χ4n) is 2.02. The van der Waals surface area contributed by atoms with Crippen molar-refractivity contribution < 1.29 is 36.2 Å². The lowest BCUT2D eigenvalue weighted by Gasteiger charge is -2.30. The largest absolute Gasteiger partial charge is 0.434 e. The van der Waals surface area contributed by atoms with Gasteiger partial charge in [0.25, 0.3) is 0 Å². The van der Waals surface area contributed by atoms with Crippen molar-refractivity contribution in [1.82, 2.24) is 0 Å². The number of nitrogens with one attached hydrogen (secondary N) is 1. The molecule has 0 saturated carbocycles. The number of benzene rings is 2. The normalized spacial score (nSPS) is 12.8. The zero-order valence-corrected chi connectivity index (χ0v) is 12.3. The highest BCUT2D eigenvalue weighted by Crippen LogP contribution is 2.45. The molecule has 9 heteroatoms. The van der Waals surface area contributed by atoms with Gasteiger partial charge in [-0.25, -0.2) is 0 Å². The standard InChI is InChI=1S/C16H11F6NO2/c17-15(18,19)14(25,16(20,21)22)13(24)10-6-8-12(9-7-10)23-11-4-2-1-3-5-11/h1-9,23,25H. The van der Waals surface area contributed by atoms with E-state index in [1.54, 1.807) is 30.3 Å². The van der Waals surface area contributed by atoms with Crippen LogP contribution in [0.25, 0.3) is 0 Å². The van der Waals surface area contributed by atoms with Crippen molar-refractivity contribution in [3.8, 4) is 0 Å². The number of aliphatic hydroxyl groups is 1. The zero-order chi connectivity index (χ0) is 18.9. The van der Waals surface area contributed by atoms with Gasteiger partial charge in [-0.15, -0.1) is 0 Å². The molecule has 0 fully saturated rings. The second-order valence-electron chi connectivity index (χ2n) is 5.10. The van der Waals surface area contributed by atoms with E-state index >= 15 is 0 Å². The van der Waals surface area contributed by atoms with E-state index in [0.717, 1.165) is 24.3 Å². The van der Waals surface area contributed by atoms with Crippen LogP contribution in [-0.4, -0.2) is 28.8 Å². The van der Waals surface area contributed by atoms with E-state index in [1.807, 2.05) is 0 Å². The predicted octanol–water partition coefficient (Wildman–Crippen LogP) is 4.47. The molecule has 0 heterocycles. The van der Waals surface area contributed by atoms with E-state index in [1.165, 1.54) is 0 Å². The maximum Gasteiger partial charge on any atom is 0.434 e. The lowest BCUT2D eigenvalue weighted by molar-refractivity contribution is -0.342. The first-order valence-corrected chi connectivity index (χ1v) is 6.79. The lowest BCUT2D eigenvalue weighted by Crippen LogP contribution is -2.62. The Labute approximate surface area is 137 Å². The highest BCUT2D eigenvalue weighted by Gasteiger charge is 2.75. The van der Waals surface area contributed by atoms with Crippen LogP contribution in [0, 0.1) is 0 Å². The summed E-state index contributed by atoms with van der Waals surface area (Å²) in [5, 5.41) is 11.9. The Morgan fingerprint density at radius 1 is 0.760 bits per heavy atom. The molecule has 2 aromatic carbocycles. The number of hydrogen-bond donors (Lipinski definition) is 2. The van der Waals surface area contributed by atoms with Crippen molar-refractivity contribution in [3.63, 3.8) is 0 Å². The van der Waals surface area contributed by atoms with Crippen LogP contribution in [0.3, 0.4) is 0 Å². The topological polar surface area (TPSA) is 49.3 Å². The fourth-order valence-corrected chi connectivity index (χ4v) is 2.02. The van der Waals surface area contributed by atoms with Gasteiger partial charge >= 0.3 is 18.0 Å². The van der Waals surface area contributed by atoms with Crippen molar-refractivity contribution in [2.75, 3.05) is 5.32 Å². The Bertz CT molecular complexity index is 724. The van der Waals surface area contributed by atoms with Crippen molar-refractivity contribution in [2.45, 2.75) is 18.0 Å². The number of hydrogen-bond acceptors (Lipinski definition) is 3. The van der Waals surface area contributed by atoms with Crippen LogP contribution in [0.1, 0.15) is 10.4 Å². The molecule has 0 aliphatic rings. The van der Waals surface area contributed by atoms with Gasteiger partial charge in [-0.3, -0.25) is 4.79 Å². The first-order chi connectivity index (χ1) is 11.5. The van der Waals surface area contributed by atoms with Gasteiger partial charge in [0.2, 0.25) is 5.78 Å². The molecule has 2 N–H and O–H groups in total. The van der Waals surface area contributed by atoms with E-state index < -0.39 is 29.3 Å². The molecule has 0 aliphatic heterocycles. The van der Waals surface area contributed by atoms with Gasteiger partial charge in [0.05, 0.1) is 0 Å². The molecule has 0 radical (unpaired) electrons. The van der Waals surface area contributed by atoms with E-state index in [0.29, 0.717) is 11.4 Å². The number of Topliss-reactive ketones (excluding diaryl/α,β-unsaturated/α-hetero) is 1. The van der Waals surface area contributed by atoms with Gasteiger partial charge in [-0.05, 0) is 36.4 Å². The summed E-state index contributed by atoms with van der Waals surface area (Å²) in [6.45, 7) is 0. The molecule has 25 heavy (non-hydrogen) atoms. The minimum Gasteiger partial charge on any atom is -0.367 e. The molecule has 0 unspecified atom stereocenters. The molecule has 0 atom stereocenters. The van der Waals surface area contributed by atoms with Crippen LogP contribution in [-0.2, 0) is 0 Å². The summed E-state index contributed by atoms with van der Waals surface area (Å²) in [5.74, 6) is -2.49. The molecular weight excluding hydrogens is 352 g/mol. The SMILES string of the molecule is O=C(c1ccc(Nc2ccccc2)cc1)C(O)(C(F)(F)F)C(F)(F)F. The first-order valence-electron chi connectivity index (χ1n) is 6.79. The van der Waals surface area contributed by atoms with Crippen LogP contribution in [0.15, 0.2) is 54.6 Å². The molecule has 2 aromatic rings. The van der Waals surface area contributed by atoms with E-state index in [9.17, 15) is 31.1 Å². The Hall–Kier alpha value is -2.55. The van der Waals surface area contributed by atoms with Gasteiger partial charge in [0.15, 0.2) is 0 Å². The minimum absolute atomic E-state index is 0.338. The second kappa shape index (κ2) is 6.40. The predicted molar refractivity (Wildman–Crippen MR) is 77.6 cm³/mol. The van der Waals surface area contributed by atoms with Crippen LogP contribution in [0.4, 0.5) is 37.7 Å². The van der Waals surface area contributed by atoms with Crippen LogP contribution < -0.4 is 5.32 Å². The summed E-state index contributed by atoms with van der Waals surface area (Å²) in [5.41, 5.74) is -5.42. The number of carbonyl (C=O) groups is 1. The maximum atomic E-state index is 12.7. The van der Waals surface area contributed by atoms with Gasteiger partial charge in [0, 0.05) is 16.9 Å². The molecular formula is C16H11F6NO2. The van der Waals surface area contributed by atoms with Gasteiger partial charge in [-0.2, -0.15) is 26.3 Å². The number of carbonyl (C=O) groups excluding carboxylic acids is 1. The third-order valence-corrected chi connectivity index (χ3v) is 3.36. The van der Waals surface area contributed by atoms with Crippen LogP contribution in [0.2, 0.25) is 0 Å². The quantitative estimate of drug-likeness (QED) is 0.623. The average Bonchev–Trinajstić information content (AvgIpc) is 2.53. The molecule has 0 spiro atoms. The summed E-state index contributed by atoms with van der Waals surface area (Å²) in [6, 6.07) is 12.4. The first kappa shape index (κ1) is 18.8. The zero-order valence-electron chi connectivity index (χ0n) is 12.3. The number of alkyl halides is 6. The molecule has 0 saturated heterocycles. The average molecular weight is 363 g/mol. The van der Waals surface area contributed by atoms with Crippen molar-refractivity contribution in [2.24, 2.45) is 0 Å². The highest BCUT2D eigenvalue weighted by molar-refractivity contribution is 6.03. The Morgan fingerprint density at radius 2 is 1.20 bits per heavy atom. The number of para-hydroxylation sites is 1. The lowest BCUT2D eigenvalue weighted by atomic mass is 9.91. The molecule has 0 aliphatic carbocycles. The van der Waals surface area contributed by atoms with Gasteiger partial charge < -0.3 is 10.4 Å². The Kier molecular flexibility index (Phi) is 4.81. The van der Waals surface area contributed by atoms with Crippen LogP contribution >= 0.6 is 0 Å². The number of rotatable bonds is 4. The monoisotopic (exact) mass is 363 g/mol. The van der Waals surface area contributed by atoms with Gasteiger partial charge in [0.1, 0.15) is 0 Å². The second-order valence-corrected chi connectivity index (χ2v) is 5.10. The number of halogens is 6. The van der Waals surface area contributed by atoms with Crippen LogP contribution in [0.5, 0.6) is 0 Å². The third-order valence-electron chi connectivity index (χ3n) is 3.36. The summed E-state index contributed by atoms with van der Waals surface area (Å²) < 4.78 is 76.2. The molecule has 0 aromatic heterocycles. The third kappa shape index (κ3) is 3.60. The summed E-state index contributed by atoms with van der Waals surface area (Å²) in [7, 11) is 0. The van der Waals surface area contributed by atoms with Crippen molar-refractivity contribution in [1.29, 1.82) is 0 Å². The molecule has 0 bridgehead atoms. The Morgan fingerprint density at radius 3 is 1.64 bits per heavy atom. The van der Waals surface area contributed by atoms with Crippen molar-refractivity contribution in [3.05, 3.63) is 60.2 Å². The highest BCUT2D eigenvalue weighted by atomic mass is 19.4. The van der Waals surface area contributed by atoms with Gasteiger partial charge in [-0.1, -0.05) is 18.2 Å². The maximum absolute atomic E-state index is 12.7. The van der Waals surface area contributed by atoms with E-state index in [4.69, 9.17) is 5.11 Å².